The summed E-state index contributed by atoms with van der Waals surface area (Å²) in [7, 11) is 0. The van der Waals surface area contributed by atoms with E-state index in [1.165, 1.54) is 33.5 Å². The van der Waals surface area contributed by atoms with E-state index in [2.05, 4.69) is 145 Å². The van der Waals surface area contributed by atoms with Crippen molar-refractivity contribution >= 4 is 17.1 Å². The number of hydrogen-bond donors (Lipinski definition) is 0. The van der Waals surface area contributed by atoms with Gasteiger partial charge in [0.1, 0.15) is 0 Å². The Morgan fingerprint density at radius 2 is 1.00 bits per heavy atom. The summed E-state index contributed by atoms with van der Waals surface area (Å²) >= 11 is 0. The summed E-state index contributed by atoms with van der Waals surface area (Å²) in [5, 5.41) is 0. The summed E-state index contributed by atoms with van der Waals surface area (Å²) in [5.74, 6) is 0. The van der Waals surface area contributed by atoms with E-state index in [-0.39, 0.29) is 5.41 Å². The molecule has 0 heterocycles. The van der Waals surface area contributed by atoms with Gasteiger partial charge in [-0.25, -0.2) is 0 Å². The van der Waals surface area contributed by atoms with Crippen LogP contribution in [0.25, 0.3) is 11.1 Å². The average Bonchev–Trinajstić information content (AvgIpc) is 3.16. The Balaban J connectivity index is 1.67. The van der Waals surface area contributed by atoms with Gasteiger partial charge in [-0.15, -0.1) is 0 Å². The Morgan fingerprint density at radius 1 is 0.485 bits per heavy atom. The Hall–Kier alpha value is -4.10. The maximum absolute atomic E-state index is 2.38. The van der Waals surface area contributed by atoms with E-state index < -0.39 is 0 Å². The van der Waals surface area contributed by atoms with E-state index in [0.29, 0.717) is 0 Å². The van der Waals surface area contributed by atoms with Crippen molar-refractivity contribution in [1.82, 2.24) is 0 Å². The summed E-state index contributed by atoms with van der Waals surface area (Å²) in [6.45, 7) is 2.37. The van der Waals surface area contributed by atoms with Crippen molar-refractivity contribution in [2.24, 2.45) is 0 Å². The minimum absolute atomic E-state index is 0.206. The summed E-state index contributed by atoms with van der Waals surface area (Å²) < 4.78 is 0. The van der Waals surface area contributed by atoms with Crippen molar-refractivity contribution in [3.8, 4) is 11.1 Å². The number of nitrogens with zero attached hydrogens (tertiary/aromatic N) is 1. The molecule has 0 amide bonds. The topological polar surface area (TPSA) is 3.24 Å². The lowest BCUT2D eigenvalue weighted by molar-refractivity contribution is 0.714. The van der Waals surface area contributed by atoms with Crippen molar-refractivity contribution in [2.45, 2.75) is 12.3 Å². The van der Waals surface area contributed by atoms with E-state index in [4.69, 9.17) is 0 Å². The van der Waals surface area contributed by atoms with E-state index in [0.717, 1.165) is 11.4 Å². The predicted octanol–water partition coefficient (Wildman–Crippen LogP) is 8.49. The van der Waals surface area contributed by atoms with Gasteiger partial charge < -0.3 is 4.90 Å². The zero-order valence-electron chi connectivity index (χ0n) is 18.6. The van der Waals surface area contributed by atoms with Gasteiger partial charge >= 0.3 is 0 Å². The second-order valence-electron chi connectivity index (χ2n) is 8.74. The van der Waals surface area contributed by atoms with E-state index in [1.807, 2.05) is 0 Å². The third-order valence-corrected chi connectivity index (χ3v) is 6.94. The van der Waals surface area contributed by atoms with Crippen molar-refractivity contribution in [3.63, 3.8) is 0 Å². The fourth-order valence-electron chi connectivity index (χ4n) is 5.37. The van der Waals surface area contributed by atoms with Crippen molar-refractivity contribution in [2.75, 3.05) is 4.90 Å². The molecule has 0 aliphatic heterocycles. The summed E-state index contributed by atoms with van der Waals surface area (Å²) in [6, 6.07) is 47.9. The van der Waals surface area contributed by atoms with Crippen molar-refractivity contribution < 1.29 is 0 Å². The molecule has 5 aromatic rings. The molecule has 33 heavy (non-hydrogen) atoms. The minimum Gasteiger partial charge on any atom is -0.310 e. The first-order valence-electron chi connectivity index (χ1n) is 11.5. The van der Waals surface area contributed by atoms with E-state index in [9.17, 15) is 0 Å². The summed E-state index contributed by atoms with van der Waals surface area (Å²) in [6.07, 6.45) is 0. The first-order valence-corrected chi connectivity index (χ1v) is 11.5. The summed E-state index contributed by atoms with van der Waals surface area (Å²) in [4.78, 5) is 2.38. The zero-order valence-corrected chi connectivity index (χ0v) is 18.6. The molecule has 1 unspecified atom stereocenters. The number of fused-ring (bicyclic) bond motifs is 3. The molecule has 0 saturated heterocycles. The van der Waals surface area contributed by atoms with Gasteiger partial charge in [-0.3, -0.25) is 0 Å². The van der Waals surface area contributed by atoms with Gasteiger partial charge in [-0.1, -0.05) is 103 Å². The largest absolute Gasteiger partial charge is 0.310 e. The SMILES string of the molecule is CC1(c2ccccc2)c2ccccc2-c2c(N(c3ccccc3)c3ccccc3)cccc21. The highest BCUT2D eigenvalue weighted by Crippen LogP contribution is 2.56. The van der Waals surface area contributed by atoms with Crippen LogP contribution in [-0.2, 0) is 5.41 Å². The number of hydrogen-bond acceptors (Lipinski definition) is 1. The Morgan fingerprint density at radius 3 is 1.64 bits per heavy atom. The molecule has 0 bridgehead atoms. The average molecular weight is 424 g/mol. The molecule has 158 valence electrons. The predicted molar refractivity (Wildman–Crippen MR) is 139 cm³/mol. The molecular weight excluding hydrogens is 398 g/mol. The molecule has 0 fully saturated rings. The molecule has 6 rings (SSSR count). The van der Waals surface area contributed by atoms with Crippen LogP contribution in [0.4, 0.5) is 17.1 Å². The van der Waals surface area contributed by atoms with E-state index in [1.54, 1.807) is 0 Å². The highest BCUT2D eigenvalue weighted by Gasteiger charge is 2.42. The van der Waals surface area contributed by atoms with Gasteiger partial charge in [-0.2, -0.15) is 0 Å². The third kappa shape index (κ3) is 3.01. The lowest BCUT2D eigenvalue weighted by Gasteiger charge is -2.30. The monoisotopic (exact) mass is 423 g/mol. The first-order chi connectivity index (χ1) is 16.3. The molecule has 0 N–H and O–H groups in total. The smallest absolute Gasteiger partial charge is 0.0543 e. The molecule has 0 radical (unpaired) electrons. The quantitative estimate of drug-likeness (QED) is 0.280. The molecule has 5 aromatic carbocycles. The Labute approximate surface area is 195 Å². The highest BCUT2D eigenvalue weighted by atomic mass is 15.1. The number of rotatable bonds is 4. The maximum Gasteiger partial charge on any atom is 0.0543 e. The summed E-state index contributed by atoms with van der Waals surface area (Å²) in [5.41, 5.74) is 9.96. The van der Waals surface area contributed by atoms with Crippen LogP contribution < -0.4 is 4.90 Å². The molecule has 1 nitrogen and oxygen atoms in total. The van der Waals surface area contributed by atoms with Crippen LogP contribution >= 0.6 is 0 Å². The number of benzene rings is 5. The van der Waals surface area contributed by atoms with Crippen LogP contribution in [0.3, 0.4) is 0 Å². The van der Waals surface area contributed by atoms with Gasteiger partial charge in [0.25, 0.3) is 0 Å². The van der Waals surface area contributed by atoms with Gasteiger partial charge in [0, 0.05) is 22.4 Å². The molecule has 0 spiro atoms. The number of para-hydroxylation sites is 2. The van der Waals surface area contributed by atoms with Gasteiger partial charge in [0.05, 0.1) is 5.69 Å². The van der Waals surface area contributed by atoms with Gasteiger partial charge in [0.2, 0.25) is 0 Å². The van der Waals surface area contributed by atoms with Crippen LogP contribution in [0.5, 0.6) is 0 Å². The second-order valence-corrected chi connectivity index (χ2v) is 8.74. The Bertz CT molecular complexity index is 1370. The minimum atomic E-state index is -0.206. The molecule has 1 aliphatic rings. The fourth-order valence-corrected chi connectivity index (χ4v) is 5.37. The van der Waals surface area contributed by atoms with Crippen LogP contribution in [0, 0.1) is 0 Å². The molecule has 0 saturated carbocycles. The lowest BCUT2D eigenvalue weighted by Crippen LogP contribution is -2.22. The first kappa shape index (κ1) is 19.6. The van der Waals surface area contributed by atoms with Crippen molar-refractivity contribution in [3.05, 3.63) is 150 Å². The van der Waals surface area contributed by atoms with Crippen LogP contribution in [-0.4, -0.2) is 0 Å². The fraction of sp³-hybridized carbons (Fsp3) is 0.0625. The second kappa shape index (κ2) is 7.79. The third-order valence-electron chi connectivity index (χ3n) is 6.94. The van der Waals surface area contributed by atoms with Crippen LogP contribution in [0.1, 0.15) is 23.6 Å². The molecular formula is C32H25N. The maximum atomic E-state index is 2.38. The molecule has 1 atom stereocenters. The number of anilines is 3. The molecule has 1 heteroatoms. The van der Waals surface area contributed by atoms with E-state index >= 15 is 0 Å². The van der Waals surface area contributed by atoms with Crippen LogP contribution in [0.2, 0.25) is 0 Å². The highest BCUT2D eigenvalue weighted by molar-refractivity contribution is 5.95. The Kier molecular flexibility index (Phi) is 4.62. The van der Waals surface area contributed by atoms with Gasteiger partial charge in [-0.05, 0) is 59.5 Å². The molecule has 1 aliphatic carbocycles. The van der Waals surface area contributed by atoms with Gasteiger partial charge in [0.15, 0.2) is 0 Å². The van der Waals surface area contributed by atoms with Crippen LogP contribution in [0.15, 0.2) is 133 Å². The standard InChI is InChI=1S/C32H25N/c1-32(24-14-5-2-6-15-24)28-21-12-11-20-27(28)31-29(32)22-13-23-30(31)33(25-16-7-3-8-17-25)26-18-9-4-10-19-26/h2-23H,1H3. The normalized spacial score (nSPS) is 16.2. The zero-order chi connectivity index (χ0) is 22.3. The van der Waals surface area contributed by atoms with Crippen molar-refractivity contribution in [1.29, 1.82) is 0 Å². The molecule has 0 aromatic heterocycles. The lowest BCUT2D eigenvalue weighted by atomic mass is 9.74.